The Labute approximate surface area is 126 Å². The fourth-order valence-electron chi connectivity index (χ4n) is 2.66. The molecule has 2 unspecified atom stereocenters. The van der Waals surface area contributed by atoms with Crippen LogP contribution >= 0.6 is 0 Å². The second kappa shape index (κ2) is 5.90. The highest BCUT2D eigenvalue weighted by Crippen LogP contribution is 2.25. The summed E-state index contributed by atoms with van der Waals surface area (Å²) >= 11 is 0. The van der Waals surface area contributed by atoms with Crippen LogP contribution in [0.4, 0.5) is 0 Å². The van der Waals surface area contributed by atoms with Crippen LogP contribution in [0.25, 0.3) is 0 Å². The molecule has 1 N–H and O–H groups in total. The summed E-state index contributed by atoms with van der Waals surface area (Å²) in [6.45, 7) is 9.86. The van der Waals surface area contributed by atoms with Crippen LogP contribution in [-0.4, -0.2) is 34.0 Å². The number of nitrogens with one attached hydrogen (secondary N) is 1. The maximum atomic E-state index is 12.3. The summed E-state index contributed by atoms with van der Waals surface area (Å²) in [5.74, 6) is -0.0120. The van der Waals surface area contributed by atoms with Crippen LogP contribution in [-0.2, 0) is 11.3 Å². The largest absolute Gasteiger partial charge is 0.349 e. The van der Waals surface area contributed by atoms with Gasteiger partial charge in [-0.25, -0.2) is 0 Å². The number of nitrogens with zero attached hydrogens (tertiary/aromatic N) is 3. The minimum Gasteiger partial charge on any atom is -0.349 e. The van der Waals surface area contributed by atoms with Gasteiger partial charge in [0.15, 0.2) is 0 Å². The molecule has 2 heterocycles. The number of aromatic nitrogens is 1. The Morgan fingerprint density at radius 3 is 2.90 bits per heavy atom. The molecule has 0 fully saturated rings. The van der Waals surface area contributed by atoms with Gasteiger partial charge >= 0.3 is 0 Å². The third kappa shape index (κ3) is 3.11. The lowest BCUT2D eigenvalue weighted by Crippen LogP contribution is -2.52. The van der Waals surface area contributed by atoms with Gasteiger partial charge in [0.2, 0.25) is 5.91 Å². The Kier molecular flexibility index (Phi) is 4.38. The van der Waals surface area contributed by atoms with Gasteiger partial charge in [-0.1, -0.05) is 13.8 Å². The Balaban J connectivity index is 2.00. The Bertz CT molecular complexity index is 557. The van der Waals surface area contributed by atoms with E-state index in [-0.39, 0.29) is 17.9 Å². The van der Waals surface area contributed by atoms with E-state index in [0.29, 0.717) is 6.54 Å². The number of hydrogen-bond acceptors (Lipinski definition) is 3. The van der Waals surface area contributed by atoms with Gasteiger partial charge in [0.1, 0.15) is 5.54 Å². The third-order valence-electron chi connectivity index (χ3n) is 4.60. The van der Waals surface area contributed by atoms with Crippen molar-refractivity contribution in [2.75, 3.05) is 13.1 Å². The summed E-state index contributed by atoms with van der Waals surface area (Å²) in [7, 11) is 0. The van der Waals surface area contributed by atoms with Gasteiger partial charge in [-0.2, -0.15) is 5.26 Å². The maximum Gasteiger partial charge on any atom is 0.235 e. The molecule has 0 saturated heterocycles. The third-order valence-corrected chi connectivity index (χ3v) is 4.60. The topological polar surface area (TPSA) is 61.1 Å². The summed E-state index contributed by atoms with van der Waals surface area (Å²) in [5.41, 5.74) is 0.428. The van der Waals surface area contributed by atoms with Gasteiger partial charge in [0, 0.05) is 31.0 Å². The molecule has 1 aliphatic rings. The highest BCUT2D eigenvalue weighted by molar-refractivity contribution is 5.79. The SMILES string of the molecule is CC1c2cccn2CCN1CC(=O)NC(C)(C#N)C(C)C. The average molecular weight is 288 g/mol. The van der Waals surface area contributed by atoms with Crippen LogP contribution < -0.4 is 5.32 Å². The minimum atomic E-state index is -0.809. The average Bonchev–Trinajstić information content (AvgIpc) is 2.90. The number of amides is 1. The lowest BCUT2D eigenvalue weighted by atomic mass is 9.90. The molecule has 0 spiro atoms. The molecule has 1 aliphatic heterocycles. The van der Waals surface area contributed by atoms with Crippen LogP contribution in [0.2, 0.25) is 0 Å². The molecule has 1 amide bonds. The van der Waals surface area contributed by atoms with Crippen molar-refractivity contribution >= 4 is 5.91 Å². The second-order valence-electron chi connectivity index (χ2n) is 6.29. The van der Waals surface area contributed by atoms with Crippen LogP contribution in [0.3, 0.4) is 0 Å². The first-order chi connectivity index (χ1) is 9.87. The molecular weight excluding hydrogens is 264 g/mol. The molecule has 0 aromatic carbocycles. The van der Waals surface area contributed by atoms with Crippen molar-refractivity contribution in [3.8, 4) is 6.07 Å². The number of rotatable bonds is 4. The minimum absolute atomic E-state index is 0.0717. The predicted octanol–water partition coefficient (Wildman–Crippen LogP) is 1.92. The molecule has 0 saturated carbocycles. The lowest BCUT2D eigenvalue weighted by molar-refractivity contribution is -0.124. The zero-order chi connectivity index (χ0) is 15.6. The molecule has 0 radical (unpaired) electrons. The molecule has 0 aliphatic carbocycles. The zero-order valence-corrected chi connectivity index (χ0v) is 13.3. The summed E-state index contributed by atoms with van der Waals surface area (Å²) < 4.78 is 2.23. The van der Waals surface area contributed by atoms with Crippen LogP contribution in [0.1, 0.15) is 39.4 Å². The first-order valence-corrected chi connectivity index (χ1v) is 7.48. The predicted molar refractivity (Wildman–Crippen MR) is 81.4 cm³/mol. The number of carbonyl (C=O) groups excluding carboxylic acids is 1. The number of nitriles is 1. The summed E-state index contributed by atoms with van der Waals surface area (Å²) in [5, 5.41) is 12.2. The summed E-state index contributed by atoms with van der Waals surface area (Å²) in [4.78, 5) is 14.4. The molecule has 1 aromatic rings. The second-order valence-corrected chi connectivity index (χ2v) is 6.29. The van der Waals surface area contributed by atoms with Crippen molar-refractivity contribution < 1.29 is 4.79 Å². The van der Waals surface area contributed by atoms with E-state index in [0.717, 1.165) is 13.1 Å². The summed E-state index contributed by atoms with van der Waals surface area (Å²) in [6.07, 6.45) is 2.08. The molecule has 1 aromatic heterocycles. The van der Waals surface area contributed by atoms with E-state index >= 15 is 0 Å². The van der Waals surface area contributed by atoms with Crippen LogP contribution in [0.15, 0.2) is 18.3 Å². The Hall–Kier alpha value is -1.80. The normalized spacial score (nSPS) is 21.4. The molecular formula is C16H24N4O. The molecule has 5 heteroatoms. The smallest absolute Gasteiger partial charge is 0.235 e. The van der Waals surface area contributed by atoms with Gasteiger partial charge in [-0.05, 0) is 31.9 Å². The van der Waals surface area contributed by atoms with Crippen LogP contribution in [0, 0.1) is 17.2 Å². The van der Waals surface area contributed by atoms with Gasteiger partial charge in [-0.3, -0.25) is 9.69 Å². The fraction of sp³-hybridized carbons (Fsp3) is 0.625. The molecule has 21 heavy (non-hydrogen) atoms. The number of hydrogen-bond donors (Lipinski definition) is 1. The van der Waals surface area contributed by atoms with Crippen molar-refractivity contribution in [1.29, 1.82) is 5.26 Å². The lowest BCUT2D eigenvalue weighted by Gasteiger charge is -2.35. The molecule has 5 nitrogen and oxygen atoms in total. The standard InChI is InChI=1S/C16H24N4O/c1-12(2)16(4,11-17)18-15(21)10-20-9-8-19-7-5-6-14(19)13(20)3/h5-7,12-13H,8-10H2,1-4H3,(H,18,21). The van der Waals surface area contributed by atoms with Gasteiger partial charge < -0.3 is 9.88 Å². The first-order valence-electron chi connectivity index (χ1n) is 7.48. The quantitative estimate of drug-likeness (QED) is 0.920. The van der Waals surface area contributed by atoms with E-state index in [1.54, 1.807) is 6.92 Å². The monoisotopic (exact) mass is 288 g/mol. The molecule has 2 atom stereocenters. The van der Waals surface area contributed by atoms with E-state index in [1.807, 2.05) is 19.9 Å². The van der Waals surface area contributed by atoms with E-state index in [4.69, 9.17) is 0 Å². The molecule has 114 valence electrons. The van der Waals surface area contributed by atoms with Crippen LogP contribution in [0.5, 0.6) is 0 Å². The number of fused-ring (bicyclic) bond motifs is 1. The highest BCUT2D eigenvalue weighted by Gasteiger charge is 2.32. The van der Waals surface area contributed by atoms with Gasteiger partial charge in [0.05, 0.1) is 12.6 Å². The molecule has 2 rings (SSSR count). The highest BCUT2D eigenvalue weighted by atomic mass is 16.2. The zero-order valence-electron chi connectivity index (χ0n) is 13.3. The first kappa shape index (κ1) is 15.6. The van der Waals surface area contributed by atoms with Gasteiger partial charge in [0.25, 0.3) is 0 Å². The number of carbonyl (C=O) groups is 1. The van der Waals surface area contributed by atoms with E-state index in [1.165, 1.54) is 5.69 Å². The van der Waals surface area contributed by atoms with Crippen molar-refractivity contribution in [3.05, 3.63) is 24.0 Å². The maximum absolute atomic E-state index is 12.3. The Morgan fingerprint density at radius 2 is 2.29 bits per heavy atom. The van der Waals surface area contributed by atoms with E-state index in [9.17, 15) is 10.1 Å². The van der Waals surface area contributed by atoms with Gasteiger partial charge in [-0.15, -0.1) is 0 Å². The van der Waals surface area contributed by atoms with Crippen molar-refractivity contribution in [3.63, 3.8) is 0 Å². The van der Waals surface area contributed by atoms with Crippen molar-refractivity contribution in [1.82, 2.24) is 14.8 Å². The summed E-state index contributed by atoms with van der Waals surface area (Å²) in [6, 6.07) is 6.57. The fourth-order valence-corrected chi connectivity index (χ4v) is 2.66. The van der Waals surface area contributed by atoms with E-state index in [2.05, 4.69) is 40.0 Å². The van der Waals surface area contributed by atoms with E-state index < -0.39 is 5.54 Å². The Morgan fingerprint density at radius 1 is 1.57 bits per heavy atom. The molecule has 0 bridgehead atoms. The van der Waals surface area contributed by atoms with Crippen molar-refractivity contribution in [2.24, 2.45) is 5.92 Å². The van der Waals surface area contributed by atoms with Crippen molar-refractivity contribution in [2.45, 2.75) is 45.8 Å².